The lowest BCUT2D eigenvalue weighted by molar-refractivity contribution is -0.149. The lowest BCUT2D eigenvalue weighted by Crippen LogP contribution is -2.26. The third-order valence-electron chi connectivity index (χ3n) is 5.10. The van der Waals surface area contributed by atoms with E-state index in [2.05, 4.69) is 4.98 Å². The van der Waals surface area contributed by atoms with Crippen LogP contribution in [0.25, 0.3) is 11.5 Å². The highest BCUT2D eigenvalue weighted by Gasteiger charge is 2.19. The van der Waals surface area contributed by atoms with Crippen LogP contribution in [0.5, 0.6) is 5.75 Å². The number of aryl methyl sites for hydroxylation is 3. The lowest BCUT2D eigenvalue weighted by atomic mass is 10.0. The van der Waals surface area contributed by atoms with Gasteiger partial charge in [-0.15, -0.1) is 0 Å². The molecule has 3 aromatic rings. The number of carboxylic acids is 1. The molecule has 0 aliphatic rings. The molecule has 0 amide bonds. The summed E-state index contributed by atoms with van der Waals surface area (Å²) in [5.74, 6) is 1.31. The van der Waals surface area contributed by atoms with Crippen molar-refractivity contribution in [2.75, 3.05) is 13.2 Å². The minimum atomic E-state index is -0.944. The summed E-state index contributed by atoms with van der Waals surface area (Å²) >= 11 is 0. The zero-order valence-electron chi connectivity index (χ0n) is 18.3. The fraction of sp³-hybridized carbons (Fsp3) is 0.360. The topological polar surface area (TPSA) is 81.8 Å². The molecule has 0 bridgehead atoms. The molecule has 0 radical (unpaired) electrons. The van der Waals surface area contributed by atoms with Crippen LogP contribution in [0.3, 0.4) is 0 Å². The maximum absolute atomic E-state index is 11.3. The molecule has 0 spiro atoms. The van der Waals surface area contributed by atoms with Crippen LogP contribution in [0, 0.1) is 13.8 Å². The summed E-state index contributed by atoms with van der Waals surface area (Å²) in [6.07, 6.45) is 1.09. The fourth-order valence-electron chi connectivity index (χ4n) is 3.40. The van der Waals surface area contributed by atoms with Crippen LogP contribution >= 0.6 is 0 Å². The van der Waals surface area contributed by atoms with E-state index in [1.165, 1.54) is 0 Å². The fourth-order valence-corrected chi connectivity index (χ4v) is 3.40. The first-order chi connectivity index (χ1) is 15.0. The molecular formula is C25H29NO5. The SMILES string of the molecule is CCOC(Cc1ccc(OCCCc2nc(-c3ccccc3)oc2C)cc1C)C(=O)O. The number of aromatic nitrogens is 1. The van der Waals surface area contributed by atoms with E-state index >= 15 is 0 Å². The third kappa shape index (κ3) is 6.18. The number of rotatable bonds is 11. The molecule has 0 saturated carbocycles. The van der Waals surface area contributed by atoms with E-state index in [-0.39, 0.29) is 0 Å². The van der Waals surface area contributed by atoms with E-state index < -0.39 is 12.1 Å². The Balaban J connectivity index is 1.51. The molecular weight excluding hydrogens is 394 g/mol. The molecule has 1 N–H and O–H groups in total. The van der Waals surface area contributed by atoms with Crippen molar-refractivity contribution in [1.82, 2.24) is 4.98 Å². The second kappa shape index (κ2) is 10.8. The highest BCUT2D eigenvalue weighted by atomic mass is 16.5. The molecule has 1 aromatic heterocycles. The number of ether oxygens (including phenoxy) is 2. The highest BCUT2D eigenvalue weighted by molar-refractivity contribution is 5.72. The van der Waals surface area contributed by atoms with Crippen molar-refractivity contribution in [2.45, 2.75) is 46.1 Å². The molecule has 6 nitrogen and oxygen atoms in total. The van der Waals surface area contributed by atoms with Crippen molar-refractivity contribution in [3.05, 3.63) is 71.1 Å². The van der Waals surface area contributed by atoms with Gasteiger partial charge in [0.2, 0.25) is 5.89 Å². The maximum Gasteiger partial charge on any atom is 0.333 e. The van der Waals surface area contributed by atoms with Gasteiger partial charge in [-0.2, -0.15) is 0 Å². The van der Waals surface area contributed by atoms with Crippen molar-refractivity contribution in [2.24, 2.45) is 0 Å². The molecule has 6 heteroatoms. The standard InChI is InChI=1S/C25H29NO5/c1-4-29-23(25(27)28)16-20-12-13-21(15-17(20)2)30-14-8-11-22-18(3)31-24(26-22)19-9-6-5-7-10-19/h5-7,9-10,12-13,15,23H,4,8,11,14,16H2,1-3H3,(H,27,28). The van der Waals surface area contributed by atoms with Crippen LogP contribution in [0.1, 0.15) is 35.9 Å². The first-order valence-corrected chi connectivity index (χ1v) is 10.6. The van der Waals surface area contributed by atoms with Gasteiger partial charge in [-0.25, -0.2) is 9.78 Å². The third-order valence-corrected chi connectivity index (χ3v) is 5.10. The minimum absolute atomic E-state index is 0.338. The van der Waals surface area contributed by atoms with Crippen molar-refractivity contribution >= 4 is 5.97 Å². The Labute approximate surface area is 182 Å². The second-order valence-electron chi connectivity index (χ2n) is 7.41. The number of carbonyl (C=O) groups is 1. The van der Waals surface area contributed by atoms with Crippen molar-refractivity contribution < 1.29 is 23.8 Å². The number of benzene rings is 2. The molecule has 0 aliphatic carbocycles. The minimum Gasteiger partial charge on any atom is -0.494 e. The first-order valence-electron chi connectivity index (χ1n) is 10.6. The number of nitrogens with zero attached hydrogens (tertiary/aromatic N) is 1. The summed E-state index contributed by atoms with van der Waals surface area (Å²) in [5, 5.41) is 9.27. The summed E-state index contributed by atoms with van der Waals surface area (Å²) in [7, 11) is 0. The molecule has 164 valence electrons. The predicted molar refractivity (Wildman–Crippen MR) is 118 cm³/mol. The Morgan fingerprint density at radius 3 is 2.61 bits per heavy atom. The Kier molecular flexibility index (Phi) is 7.84. The van der Waals surface area contributed by atoms with Gasteiger partial charge in [-0.1, -0.05) is 24.3 Å². The number of aliphatic carboxylic acids is 1. The number of hydrogen-bond acceptors (Lipinski definition) is 5. The van der Waals surface area contributed by atoms with E-state index in [0.29, 0.717) is 25.5 Å². The number of oxazole rings is 1. The summed E-state index contributed by atoms with van der Waals surface area (Å²) in [6.45, 7) is 6.61. The molecule has 1 atom stereocenters. The second-order valence-corrected chi connectivity index (χ2v) is 7.41. The van der Waals surface area contributed by atoms with Crippen LogP contribution in [0.4, 0.5) is 0 Å². The van der Waals surface area contributed by atoms with E-state index in [9.17, 15) is 9.90 Å². The zero-order valence-corrected chi connectivity index (χ0v) is 18.3. The van der Waals surface area contributed by atoms with Gasteiger partial charge in [-0.05, 0) is 69.0 Å². The molecule has 1 heterocycles. The monoisotopic (exact) mass is 423 g/mol. The summed E-state index contributed by atoms with van der Waals surface area (Å²) in [5.41, 5.74) is 3.85. The summed E-state index contributed by atoms with van der Waals surface area (Å²) in [6, 6.07) is 15.6. The Bertz CT molecular complexity index is 996. The van der Waals surface area contributed by atoms with E-state index in [1.54, 1.807) is 6.92 Å². The van der Waals surface area contributed by atoms with Gasteiger partial charge in [-0.3, -0.25) is 0 Å². The van der Waals surface area contributed by atoms with Crippen molar-refractivity contribution in [3.63, 3.8) is 0 Å². The van der Waals surface area contributed by atoms with Crippen molar-refractivity contribution in [1.29, 1.82) is 0 Å². The van der Waals surface area contributed by atoms with Gasteiger partial charge >= 0.3 is 5.97 Å². The van der Waals surface area contributed by atoms with Crippen LogP contribution in [-0.2, 0) is 22.4 Å². The number of hydrogen-bond donors (Lipinski definition) is 1. The Morgan fingerprint density at radius 2 is 1.94 bits per heavy atom. The average Bonchev–Trinajstić information content (AvgIpc) is 3.13. The molecule has 31 heavy (non-hydrogen) atoms. The van der Waals surface area contributed by atoms with E-state index in [0.717, 1.165) is 46.7 Å². The molecule has 3 rings (SSSR count). The van der Waals surface area contributed by atoms with Gasteiger partial charge in [0.25, 0.3) is 0 Å². The van der Waals surface area contributed by atoms with Gasteiger partial charge in [0.05, 0.1) is 12.3 Å². The van der Waals surface area contributed by atoms with Crippen molar-refractivity contribution in [3.8, 4) is 17.2 Å². The van der Waals surface area contributed by atoms with E-state index in [4.69, 9.17) is 13.9 Å². The summed E-state index contributed by atoms with van der Waals surface area (Å²) < 4.78 is 17.0. The quantitative estimate of drug-likeness (QED) is 0.437. The Morgan fingerprint density at radius 1 is 1.16 bits per heavy atom. The maximum atomic E-state index is 11.3. The van der Waals surface area contributed by atoms with Gasteiger partial charge < -0.3 is 19.0 Å². The van der Waals surface area contributed by atoms with Crippen LogP contribution in [-0.4, -0.2) is 35.4 Å². The smallest absolute Gasteiger partial charge is 0.333 e. The lowest BCUT2D eigenvalue weighted by Gasteiger charge is -2.15. The molecule has 0 fully saturated rings. The Hall–Kier alpha value is -3.12. The molecule has 2 aromatic carbocycles. The summed E-state index contributed by atoms with van der Waals surface area (Å²) in [4.78, 5) is 15.9. The number of carboxylic acid groups (broad SMARTS) is 1. The van der Waals surface area contributed by atoms with Gasteiger partial charge in [0.1, 0.15) is 11.5 Å². The first kappa shape index (κ1) is 22.6. The predicted octanol–water partition coefficient (Wildman–Crippen LogP) is 5.00. The van der Waals surface area contributed by atoms with Crippen LogP contribution in [0.2, 0.25) is 0 Å². The van der Waals surface area contributed by atoms with Crippen LogP contribution in [0.15, 0.2) is 52.9 Å². The van der Waals surface area contributed by atoms with Gasteiger partial charge in [0, 0.05) is 18.6 Å². The molecule has 1 unspecified atom stereocenters. The zero-order chi connectivity index (χ0) is 22.2. The highest BCUT2D eigenvalue weighted by Crippen LogP contribution is 2.23. The molecule has 0 aliphatic heterocycles. The van der Waals surface area contributed by atoms with Crippen LogP contribution < -0.4 is 4.74 Å². The largest absolute Gasteiger partial charge is 0.494 e. The molecule has 0 saturated heterocycles. The van der Waals surface area contributed by atoms with Gasteiger partial charge in [0.15, 0.2) is 6.10 Å². The normalized spacial score (nSPS) is 12.0. The van der Waals surface area contributed by atoms with E-state index in [1.807, 2.05) is 62.4 Å². The average molecular weight is 424 g/mol.